The second kappa shape index (κ2) is 5.70. The first-order chi connectivity index (χ1) is 9.43. The summed E-state index contributed by atoms with van der Waals surface area (Å²) < 4.78 is 0. The van der Waals surface area contributed by atoms with Crippen LogP contribution in [0.25, 0.3) is 0 Å². The van der Waals surface area contributed by atoms with Gasteiger partial charge in [-0.25, -0.2) is 0 Å². The molecule has 0 N–H and O–H groups in total. The quantitative estimate of drug-likeness (QED) is 0.581. The molecule has 2 heteroatoms. The number of hydrogen-bond acceptors (Lipinski definition) is 2. The molecule has 1 saturated carbocycles. The molecule has 2 aromatic carbocycles. The SMILES string of the molecule is c1ccc(CO/N=C(\c2ccccc2)C2CC2)cc1. The number of oxime groups is 1. The molecule has 0 bridgehead atoms. The van der Waals surface area contributed by atoms with E-state index in [1.54, 1.807) is 0 Å². The van der Waals surface area contributed by atoms with E-state index >= 15 is 0 Å². The zero-order valence-corrected chi connectivity index (χ0v) is 10.8. The average molecular weight is 251 g/mol. The number of nitrogens with zero attached hydrogens (tertiary/aromatic N) is 1. The van der Waals surface area contributed by atoms with Gasteiger partial charge >= 0.3 is 0 Å². The molecule has 1 aliphatic carbocycles. The van der Waals surface area contributed by atoms with Crippen molar-refractivity contribution in [3.8, 4) is 0 Å². The molecule has 96 valence electrons. The van der Waals surface area contributed by atoms with Crippen LogP contribution in [0.4, 0.5) is 0 Å². The summed E-state index contributed by atoms with van der Waals surface area (Å²) in [5.74, 6) is 0.582. The molecule has 0 spiro atoms. The monoisotopic (exact) mass is 251 g/mol. The highest BCUT2D eigenvalue weighted by Gasteiger charge is 2.29. The molecule has 0 aliphatic heterocycles. The Hall–Kier alpha value is -2.09. The fraction of sp³-hybridized carbons (Fsp3) is 0.235. The van der Waals surface area contributed by atoms with Crippen LogP contribution >= 0.6 is 0 Å². The molecule has 1 fully saturated rings. The second-order valence-electron chi connectivity index (χ2n) is 4.88. The normalized spacial score (nSPS) is 15.3. The summed E-state index contributed by atoms with van der Waals surface area (Å²) in [4.78, 5) is 5.53. The van der Waals surface area contributed by atoms with Gasteiger partial charge in [0.25, 0.3) is 0 Å². The lowest BCUT2D eigenvalue weighted by Gasteiger charge is -2.05. The van der Waals surface area contributed by atoms with Gasteiger partial charge in [-0.05, 0) is 24.0 Å². The fourth-order valence-electron chi connectivity index (χ4n) is 2.08. The third kappa shape index (κ3) is 3.22. The molecule has 0 saturated heterocycles. The van der Waals surface area contributed by atoms with E-state index in [1.807, 2.05) is 36.4 Å². The summed E-state index contributed by atoms with van der Waals surface area (Å²) in [6.45, 7) is 0.532. The third-order valence-electron chi connectivity index (χ3n) is 3.27. The van der Waals surface area contributed by atoms with Crippen molar-refractivity contribution in [3.63, 3.8) is 0 Å². The molecule has 2 nitrogen and oxygen atoms in total. The van der Waals surface area contributed by atoms with Gasteiger partial charge in [0.05, 0.1) is 5.71 Å². The molecule has 0 radical (unpaired) electrons. The maximum absolute atomic E-state index is 5.53. The van der Waals surface area contributed by atoms with Gasteiger partial charge in [-0.15, -0.1) is 0 Å². The minimum absolute atomic E-state index is 0.532. The molecule has 0 amide bonds. The highest BCUT2D eigenvalue weighted by atomic mass is 16.6. The molecule has 3 rings (SSSR count). The van der Waals surface area contributed by atoms with Crippen LogP contribution in [-0.2, 0) is 11.4 Å². The van der Waals surface area contributed by atoms with Crippen LogP contribution in [0.3, 0.4) is 0 Å². The van der Waals surface area contributed by atoms with E-state index < -0.39 is 0 Å². The van der Waals surface area contributed by atoms with E-state index in [1.165, 1.54) is 18.4 Å². The molecular formula is C17H17NO. The smallest absolute Gasteiger partial charge is 0.142 e. The number of benzene rings is 2. The summed E-state index contributed by atoms with van der Waals surface area (Å²) >= 11 is 0. The first-order valence-electron chi connectivity index (χ1n) is 6.72. The summed E-state index contributed by atoms with van der Waals surface area (Å²) in [7, 11) is 0. The van der Waals surface area contributed by atoms with Gasteiger partial charge in [-0.1, -0.05) is 65.8 Å². The maximum atomic E-state index is 5.53. The van der Waals surface area contributed by atoms with Gasteiger partial charge in [0.2, 0.25) is 0 Å². The standard InChI is InChI=1S/C17H17NO/c1-3-7-14(8-4-1)13-19-18-17(16-11-12-16)15-9-5-2-6-10-15/h1-10,16H,11-13H2/b18-17+. The highest BCUT2D eigenvalue weighted by Crippen LogP contribution is 2.33. The van der Waals surface area contributed by atoms with Crippen molar-refractivity contribution >= 4 is 5.71 Å². The van der Waals surface area contributed by atoms with Gasteiger partial charge in [0.15, 0.2) is 0 Å². The first kappa shape index (κ1) is 12.0. The minimum atomic E-state index is 0.532. The Morgan fingerprint density at radius 2 is 1.58 bits per heavy atom. The molecule has 0 heterocycles. The average Bonchev–Trinajstić information content (AvgIpc) is 3.30. The Bertz CT molecular complexity index is 544. The second-order valence-corrected chi connectivity index (χ2v) is 4.88. The van der Waals surface area contributed by atoms with Crippen LogP contribution in [0.5, 0.6) is 0 Å². The summed E-state index contributed by atoms with van der Waals surface area (Å²) in [5, 5.41) is 4.37. The Balaban J connectivity index is 1.69. The van der Waals surface area contributed by atoms with Gasteiger partial charge < -0.3 is 4.84 Å². The maximum Gasteiger partial charge on any atom is 0.142 e. The zero-order chi connectivity index (χ0) is 12.9. The van der Waals surface area contributed by atoms with Gasteiger partial charge in [-0.3, -0.25) is 0 Å². The van der Waals surface area contributed by atoms with Crippen LogP contribution in [0.1, 0.15) is 24.0 Å². The summed E-state index contributed by atoms with van der Waals surface area (Å²) in [6.07, 6.45) is 2.45. The molecule has 1 aliphatic rings. The van der Waals surface area contributed by atoms with E-state index in [2.05, 4.69) is 29.4 Å². The minimum Gasteiger partial charge on any atom is -0.391 e. The van der Waals surface area contributed by atoms with E-state index in [0.717, 1.165) is 11.3 Å². The van der Waals surface area contributed by atoms with E-state index in [4.69, 9.17) is 4.84 Å². The van der Waals surface area contributed by atoms with Crippen molar-refractivity contribution in [2.75, 3.05) is 0 Å². The summed E-state index contributed by atoms with van der Waals surface area (Å²) in [6, 6.07) is 20.5. The largest absolute Gasteiger partial charge is 0.391 e. The number of hydrogen-bond donors (Lipinski definition) is 0. The van der Waals surface area contributed by atoms with Crippen LogP contribution in [0.15, 0.2) is 65.8 Å². The molecule has 0 unspecified atom stereocenters. The molecular weight excluding hydrogens is 234 g/mol. The van der Waals surface area contributed by atoms with Crippen molar-refractivity contribution in [2.45, 2.75) is 19.4 Å². The number of rotatable bonds is 5. The van der Waals surface area contributed by atoms with Crippen LogP contribution in [0.2, 0.25) is 0 Å². The highest BCUT2D eigenvalue weighted by molar-refractivity contribution is 6.03. The Morgan fingerprint density at radius 1 is 0.947 bits per heavy atom. The van der Waals surface area contributed by atoms with Gasteiger partial charge in [0.1, 0.15) is 6.61 Å². The topological polar surface area (TPSA) is 21.6 Å². The van der Waals surface area contributed by atoms with Gasteiger partial charge in [-0.2, -0.15) is 0 Å². The van der Waals surface area contributed by atoms with Crippen LogP contribution in [0, 0.1) is 5.92 Å². The van der Waals surface area contributed by atoms with Gasteiger partial charge in [0, 0.05) is 5.92 Å². The lowest BCUT2D eigenvalue weighted by atomic mass is 10.1. The lowest BCUT2D eigenvalue weighted by Crippen LogP contribution is -2.04. The van der Waals surface area contributed by atoms with E-state index in [9.17, 15) is 0 Å². The summed E-state index contributed by atoms with van der Waals surface area (Å²) in [5.41, 5.74) is 3.42. The predicted molar refractivity (Wildman–Crippen MR) is 76.9 cm³/mol. The van der Waals surface area contributed by atoms with Crippen molar-refractivity contribution in [1.82, 2.24) is 0 Å². The fourth-order valence-corrected chi connectivity index (χ4v) is 2.08. The molecule has 0 aromatic heterocycles. The van der Waals surface area contributed by atoms with Crippen LogP contribution < -0.4 is 0 Å². The van der Waals surface area contributed by atoms with Crippen molar-refractivity contribution in [1.29, 1.82) is 0 Å². The Kier molecular flexibility index (Phi) is 3.59. The Labute approximate surface area is 113 Å². The first-order valence-corrected chi connectivity index (χ1v) is 6.72. The Morgan fingerprint density at radius 3 is 2.21 bits per heavy atom. The third-order valence-corrected chi connectivity index (χ3v) is 3.27. The predicted octanol–water partition coefficient (Wildman–Crippen LogP) is 4.02. The van der Waals surface area contributed by atoms with Crippen molar-refractivity contribution in [2.24, 2.45) is 11.1 Å². The van der Waals surface area contributed by atoms with E-state index in [0.29, 0.717) is 12.5 Å². The van der Waals surface area contributed by atoms with E-state index in [-0.39, 0.29) is 0 Å². The zero-order valence-electron chi connectivity index (χ0n) is 10.8. The van der Waals surface area contributed by atoms with Crippen molar-refractivity contribution < 1.29 is 4.84 Å². The van der Waals surface area contributed by atoms with Crippen molar-refractivity contribution in [3.05, 3.63) is 71.8 Å². The molecule has 0 atom stereocenters. The lowest BCUT2D eigenvalue weighted by molar-refractivity contribution is 0.130. The molecule has 2 aromatic rings. The van der Waals surface area contributed by atoms with Crippen LogP contribution in [-0.4, -0.2) is 5.71 Å². The molecule has 19 heavy (non-hydrogen) atoms.